The molecule has 1 aliphatic heterocycles. The Bertz CT molecular complexity index is 767. The molecule has 0 saturated heterocycles. The van der Waals surface area contributed by atoms with Crippen LogP contribution in [0.3, 0.4) is 0 Å². The van der Waals surface area contributed by atoms with E-state index in [2.05, 4.69) is 5.32 Å². The second-order valence-electron chi connectivity index (χ2n) is 6.02. The fourth-order valence-electron chi connectivity index (χ4n) is 2.45. The maximum Gasteiger partial charge on any atom is 0.241 e. The molecule has 0 saturated carbocycles. The Morgan fingerprint density at radius 3 is 2.73 bits per heavy atom. The lowest BCUT2D eigenvalue weighted by atomic mass is 10.2. The topological polar surface area (TPSA) is 60.0 Å². The molecular formula is C19H21FN2O4. The molecule has 6 nitrogen and oxygen atoms in total. The van der Waals surface area contributed by atoms with Gasteiger partial charge in [-0.1, -0.05) is 0 Å². The highest BCUT2D eigenvalue weighted by molar-refractivity contribution is 5.94. The minimum atomic E-state index is -0.350. The van der Waals surface area contributed by atoms with Gasteiger partial charge in [-0.2, -0.15) is 0 Å². The molecule has 0 fully saturated rings. The van der Waals surface area contributed by atoms with Crippen molar-refractivity contribution in [2.24, 2.45) is 0 Å². The third-order valence-electron chi connectivity index (χ3n) is 4.21. The van der Waals surface area contributed by atoms with Crippen LogP contribution >= 0.6 is 0 Å². The number of ether oxygens (including phenoxy) is 3. The molecule has 0 radical (unpaired) electrons. The number of hydrogen-bond acceptors (Lipinski definition) is 5. The third kappa shape index (κ3) is 4.43. The summed E-state index contributed by atoms with van der Waals surface area (Å²) in [6.45, 7) is 2.96. The predicted octanol–water partition coefficient (Wildman–Crippen LogP) is 2.89. The molecule has 3 rings (SSSR count). The minimum absolute atomic E-state index is 0.131. The number of nitrogens with zero attached hydrogens (tertiary/aromatic N) is 1. The van der Waals surface area contributed by atoms with E-state index in [-0.39, 0.29) is 24.6 Å². The summed E-state index contributed by atoms with van der Waals surface area (Å²) in [5.74, 6) is 1.45. The zero-order chi connectivity index (χ0) is 18.5. The molecule has 138 valence electrons. The zero-order valence-electron chi connectivity index (χ0n) is 14.7. The smallest absolute Gasteiger partial charge is 0.241 e. The predicted molar refractivity (Wildman–Crippen MR) is 95.2 cm³/mol. The Balaban J connectivity index is 1.47. The van der Waals surface area contributed by atoms with Crippen molar-refractivity contribution >= 4 is 11.6 Å². The van der Waals surface area contributed by atoms with Crippen molar-refractivity contribution in [3.05, 3.63) is 48.3 Å². The van der Waals surface area contributed by atoms with Crippen LogP contribution in [0.2, 0.25) is 0 Å². The van der Waals surface area contributed by atoms with E-state index >= 15 is 0 Å². The van der Waals surface area contributed by atoms with Gasteiger partial charge in [0.15, 0.2) is 11.5 Å². The van der Waals surface area contributed by atoms with Crippen molar-refractivity contribution in [1.82, 2.24) is 4.90 Å². The Labute approximate surface area is 151 Å². The van der Waals surface area contributed by atoms with Crippen molar-refractivity contribution in [2.45, 2.75) is 13.0 Å². The van der Waals surface area contributed by atoms with Crippen molar-refractivity contribution < 1.29 is 23.4 Å². The van der Waals surface area contributed by atoms with Crippen molar-refractivity contribution in [3.8, 4) is 17.2 Å². The van der Waals surface area contributed by atoms with E-state index in [4.69, 9.17) is 14.2 Å². The molecular weight excluding hydrogens is 339 g/mol. The molecule has 26 heavy (non-hydrogen) atoms. The number of carbonyl (C=O) groups excluding carboxylic acids is 1. The van der Waals surface area contributed by atoms with Gasteiger partial charge >= 0.3 is 0 Å². The first-order valence-corrected chi connectivity index (χ1v) is 8.32. The number of anilines is 1. The first kappa shape index (κ1) is 18.0. The molecule has 1 heterocycles. The van der Waals surface area contributed by atoms with Gasteiger partial charge in [0.05, 0.1) is 6.04 Å². The van der Waals surface area contributed by atoms with Crippen LogP contribution in [0.15, 0.2) is 42.5 Å². The molecule has 0 aliphatic carbocycles. The largest absolute Gasteiger partial charge is 0.492 e. The lowest BCUT2D eigenvalue weighted by molar-refractivity contribution is -0.120. The van der Waals surface area contributed by atoms with Gasteiger partial charge in [0.25, 0.3) is 0 Å². The molecule has 2 aromatic carbocycles. The molecule has 1 N–H and O–H groups in total. The van der Waals surface area contributed by atoms with Gasteiger partial charge in [0, 0.05) is 18.3 Å². The highest BCUT2D eigenvalue weighted by Gasteiger charge is 2.19. The molecule has 1 atom stereocenters. The summed E-state index contributed by atoms with van der Waals surface area (Å²) >= 11 is 0. The number of fused-ring (bicyclic) bond motifs is 1. The van der Waals surface area contributed by atoms with Crippen LogP contribution in [0.25, 0.3) is 0 Å². The number of amides is 1. The Morgan fingerprint density at radius 1 is 1.23 bits per heavy atom. The Morgan fingerprint density at radius 2 is 1.96 bits per heavy atom. The van der Waals surface area contributed by atoms with Crippen molar-refractivity contribution in [1.29, 1.82) is 0 Å². The number of nitrogens with one attached hydrogen (secondary N) is 1. The molecule has 1 unspecified atom stereocenters. The maximum absolute atomic E-state index is 12.9. The third-order valence-corrected chi connectivity index (χ3v) is 4.21. The van der Waals surface area contributed by atoms with E-state index in [1.165, 1.54) is 12.1 Å². The molecule has 1 amide bonds. The summed E-state index contributed by atoms with van der Waals surface area (Å²) in [4.78, 5) is 14.3. The Hall–Kier alpha value is -2.80. The molecule has 2 aromatic rings. The SMILES string of the molecule is CC(C(=O)Nc1ccc2c(c1)OCO2)N(C)CCOc1ccc(F)cc1. The number of benzene rings is 2. The number of carbonyl (C=O) groups is 1. The van der Waals surface area contributed by atoms with Crippen LogP contribution in [0.1, 0.15) is 6.92 Å². The second kappa shape index (κ2) is 8.05. The van der Waals surface area contributed by atoms with E-state index in [1.807, 2.05) is 18.9 Å². The van der Waals surface area contributed by atoms with Gasteiger partial charge in [-0.3, -0.25) is 9.69 Å². The number of likely N-dealkylation sites (N-methyl/N-ethyl adjacent to an activating group) is 1. The zero-order valence-corrected chi connectivity index (χ0v) is 14.7. The van der Waals surface area contributed by atoms with Gasteiger partial charge in [-0.25, -0.2) is 4.39 Å². The highest BCUT2D eigenvalue weighted by atomic mass is 19.1. The van der Waals surface area contributed by atoms with Crippen LogP contribution in [-0.4, -0.2) is 43.8 Å². The highest BCUT2D eigenvalue weighted by Crippen LogP contribution is 2.34. The average molecular weight is 360 g/mol. The Kier molecular flexibility index (Phi) is 5.58. The fraction of sp³-hybridized carbons (Fsp3) is 0.316. The van der Waals surface area contributed by atoms with Gasteiger partial charge in [-0.05, 0) is 50.4 Å². The quantitative estimate of drug-likeness (QED) is 0.823. The van der Waals surface area contributed by atoms with Gasteiger partial charge < -0.3 is 19.5 Å². The van der Waals surface area contributed by atoms with E-state index in [0.29, 0.717) is 36.1 Å². The van der Waals surface area contributed by atoms with Crippen LogP contribution in [0.4, 0.5) is 10.1 Å². The first-order valence-electron chi connectivity index (χ1n) is 8.32. The van der Waals surface area contributed by atoms with Crippen LogP contribution < -0.4 is 19.5 Å². The normalized spacial score (nSPS) is 13.5. The molecule has 0 aromatic heterocycles. The van der Waals surface area contributed by atoms with Crippen LogP contribution in [-0.2, 0) is 4.79 Å². The summed E-state index contributed by atoms with van der Waals surface area (Å²) in [5, 5.41) is 2.87. The van der Waals surface area contributed by atoms with Crippen LogP contribution in [0, 0.1) is 5.82 Å². The summed E-state index contributed by atoms with van der Waals surface area (Å²) in [6, 6.07) is 10.8. The molecule has 0 spiro atoms. The van der Waals surface area contributed by atoms with E-state index in [9.17, 15) is 9.18 Å². The number of hydrogen-bond donors (Lipinski definition) is 1. The van der Waals surface area contributed by atoms with Gasteiger partial charge in [0.2, 0.25) is 12.7 Å². The van der Waals surface area contributed by atoms with Crippen molar-refractivity contribution in [3.63, 3.8) is 0 Å². The fourth-order valence-corrected chi connectivity index (χ4v) is 2.45. The monoisotopic (exact) mass is 360 g/mol. The van der Waals surface area contributed by atoms with Crippen LogP contribution in [0.5, 0.6) is 17.2 Å². The van der Waals surface area contributed by atoms with E-state index in [1.54, 1.807) is 30.3 Å². The average Bonchev–Trinajstić information content (AvgIpc) is 3.10. The summed E-state index contributed by atoms with van der Waals surface area (Å²) in [6.07, 6.45) is 0. The van der Waals surface area contributed by atoms with Gasteiger partial charge in [0.1, 0.15) is 18.2 Å². The molecule has 0 bridgehead atoms. The van der Waals surface area contributed by atoms with Crippen molar-refractivity contribution in [2.75, 3.05) is 32.3 Å². The summed E-state index contributed by atoms with van der Waals surface area (Å²) in [5.41, 5.74) is 0.655. The minimum Gasteiger partial charge on any atom is -0.492 e. The molecule has 7 heteroatoms. The lowest BCUT2D eigenvalue weighted by Crippen LogP contribution is -2.41. The lowest BCUT2D eigenvalue weighted by Gasteiger charge is -2.23. The first-order chi connectivity index (χ1) is 12.5. The van der Waals surface area contributed by atoms with Gasteiger partial charge in [-0.15, -0.1) is 0 Å². The standard InChI is InChI=1S/C19H21FN2O4/c1-13(22(2)9-10-24-16-6-3-14(20)4-7-16)19(23)21-15-5-8-17-18(11-15)26-12-25-17/h3-8,11,13H,9-10,12H2,1-2H3,(H,21,23). The maximum atomic E-state index is 12.9. The molecule has 1 aliphatic rings. The number of rotatable bonds is 7. The summed E-state index contributed by atoms with van der Waals surface area (Å²) in [7, 11) is 1.85. The summed E-state index contributed by atoms with van der Waals surface area (Å²) < 4.78 is 29.0. The van der Waals surface area contributed by atoms with E-state index < -0.39 is 0 Å². The second-order valence-corrected chi connectivity index (χ2v) is 6.02. The van der Waals surface area contributed by atoms with E-state index in [0.717, 1.165) is 0 Å². The number of halogens is 1.